The minimum Gasteiger partial charge on any atom is -0.469 e. The first-order valence-corrected chi connectivity index (χ1v) is 12.0. The summed E-state index contributed by atoms with van der Waals surface area (Å²) in [4.78, 5) is 27.6. The largest absolute Gasteiger partial charge is 0.469 e. The van der Waals surface area contributed by atoms with Gasteiger partial charge in [0.1, 0.15) is 0 Å². The number of esters is 1. The molecule has 172 valence electrons. The summed E-state index contributed by atoms with van der Waals surface area (Å²) in [5, 5.41) is 5.34. The van der Waals surface area contributed by atoms with Crippen molar-refractivity contribution in [3.63, 3.8) is 0 Å². The van der Waals surface area contributed by atoms with Crippen LogP contribution in [0.4, 0.5) is 11.4 Å². The number of ether oxygens (including phenoxy) is 1. The Hall–Kier alpha value is -3.39. The first kappa shape index (κ1) is 23.8. The van der Waals surface area contributed by atoms with Gasteiger partial charge in [0.2, 0.25) is 0 Å². The monoisotopic (exact) mass is 564 g/mol. The molecular weight excluding hydrogens is 539 g/mol. The van der Waals surface area contributed by atoms with Gasteiger partial charge in [0.15, 0.2) is 0 Å². The zero-order valence-electron chi connectivity index (χ0n) is 19.0. The van der Waals surface area contributed by atoms with Crippen molar-refractivity contribution in [2.75, 3.05) is 19.1 Å². The Morgan fingerprint density at radius 1 is 0.912 bits per heavy atom. The Morgan fingerprint density at radius 3 is 2.35 bits per heavy atom. The van der Waals surface area contributed by atoms with E-state index >= 15 is 0 Å². The van der Waals surface area contributed by atoms with E-state index in [2.05, 4.69) is 52.2 Å². The van der Waals surface area contributed by atoms with Gasteiger partial charge in [-0.05, 0) is 69.3 Å². The number of methoxy groups -OCH3 is 1. The summed E-state index contributed by atoms with van der Waals surface area (Å²) in [5.41, 5.74) is 3.13. The van der Waals surface area contributed by atoms with Crippen LogP contribution in [0.15, 0.2) is 91.0 Å². The SMILES string of the molecule is COC(=O)C[C@@H](NC(=O)c1cc(I)ccc1N(C)c1ccc2ccccc2c1)c1ccccc1. The summed E-state index contributed by atoms with van der Waals surface area (Å²) in [6.07, 6.45) is 0.0476. The number of hydrogen-bond donors (Lipinski definition) is 1. The van der Waals surface area contributed by atoms with Crippen LogP contribution in [0.1, 0.15) is 28.4 Å². The lowest BCUT2D eigenvalue weighted by molar-refractivity contribution is -0.141. The number of rotatable bonds is 7. The first-order chi connectivity index (χ1) is 16.5. The van der Waals surface area contributed by atoms with Crippen molar-refractivity contribution in [3.8, 4) is 0 Å². The Morgan fingerprint density at radius 2 is 1.62 bits per heavy atom. The van der Waals surface area contributed by atoms with Crippen LogP contribution in [0.2, 0.25) is 0 Å². The second-order valence-electron chi connectivity index (χ2n) is 7.97. The number of nitrogens with one attached hydrogen (secondary N) is 1. The minimum atomic E-state index is -0.502. The normalized spacial score (nSPS) is 11.6. The number of carbonyl (C=O) groups excluding carboxylic acids is 2. The summed E-state index contributed by atoms with van der Waals surface area (Å²) >= 11 is 2.20. The lowest BCUT2D eigenvalue weighted by Crippen LogP contribution is -2.31. The molecule has 0 aliphatic heterocycles. The van der Waals surface area contributed by atoms with E-state index in [4.69, 9.17) is 4.74 Å². The van der Waals surface area contributed by atoms with Crippen LogP contribution < -0.4 is 10.2 Å². The van der Waals surface area contributed by atoms with Crippen molar-refractivity contribution in [3.05, 3.63) is 106 Å². The van der Waals surface area contributed by atoms with E-state index in [1.54, 1.807) is 0 Å². The average Bonchev–Trinajstić information content (AvgIpc) is 2.87. The van der Waals surface area contributed by atoms with E-state index in [1.165, 1.54) is 7.11 Å². The average molecular weight is 564 g/mol. The van der Waals surface area contributed by atoms with Crippen LogP contribution in [0.5, 0.6) is 0 Å². The highest BCUT2D eigenvalue weighted by atomic mass is 127. The number of fused-ring (bicyclic) bond motifs is 1. The summed E-state index contributed by atoms with van der Waals surface area (Å²) in [6.45, 7) is 0. The second-order valence-corrected chi connectivity index (χ2v) is 9.21. The molecule has 1 amide bonds. The number of halogens is 1. The maximum Gasteiger partial charge on any atom is 0.307 e. The molecule has 4 rings (SSSR count). The molecule has 0 bridgehead atoms. The van der Waals surface area contributed by atoms with Crippen molar-refractivity contribution >= 4 is 56.6 Å². The van der Waals surface area contributed by atoms with Crippen LogP contribution in [0.3, 0.4) is 0 Å². The Labute approximate surface area is 212 Å². The van der Waals surface area contributed by atoms with Crippen molar-refractivity contribution in [2.45, 2.75) is 12.5 Å². The van der Waals surface area contributed by atoms with Crippen molar-refractivity contribution < 1.29 is 14.3 Å². The number of amides is 1. The van der Waals surface area contributed by atoms with E-state index in [9.17, 15) is 9.59 Å². The molecular formula is C28H25IN2O3. The molecule has 0 heterocycles. The fourth-order valence-electron chi connectivity index (χ4n) is 3.93. The number of nitrogens with zero attached hydrogens (tertiary/aromatic N) is 1. The van der Waals surface area contributed by atoms with E-state index in [0.717, 1.165) is 31.3 Å². The summed E-state index contributed by atoms with van der Waals surface area (Å²) in [7, 11) is 3.30. The van der Waals surface area contributed by atoms with Gasteiger partial charge in [0, 0.05) is 16.3 Å². The van der Waals surface area contributed by atoms with Crippen molar-refractivity contribution in [1.29, 1.82) is 0 Å². The molecule has 0 saturated heterocycles. The Bertz CT molecular complexity index is 1320. The predicted molar refractivity (Wildman–Crippen MR) is 144 cm³/mol. The van der Waals surface area contributed by atoms with E-state index in [1.807, 2.05) is 78.7 Å². The summed E-state index contributed by atoms with van der Waals surface area (Å²) in [6, 6.07) is 29.2. The molecule has 4 aromatic carbocycles. The van der Waals surface area contributed by atoms with Gasteiger partial charge in [-0.2, -0.15) is 0 Å². The minimum absolute atomic E-state index is 0.0476. The molecule has 0 spiro atoms. The zero-order valence-corrected chi connectivity index (χ0v) is 21.2. The third-order valence-electron chi connectivity index (χ3n) is 5.79. The van der Waals surface area contributed by atoms with Gasteiger partial charge >= 0.3 is 5.97 Å². The third kappa shape index (κ3) is 5.39. The van der Waals surface area contributed by atoms with Gasteiger partial charge < -0.3 is 15.0 Å². The maximum atomic E-state index is 13.5. The fourth-order valence-corrected chi connectivity index (χ4v) is 4.42. The Kier molecular flexibility index (Phi) is 7.47. The fraction of sp³-hybridized carbons (Fsp3) is 0.143. The predicted octanol–water partition coefficient (Wildman–Crippen LogP) is 6.25. The van der Waals surface area contributed by atoms with Crippen LogP contribution >= 0.6 is 22.6 Å². The van der Waals surface area contributed by atoms with Crippen LogP contribution in [-0.2, 0) is 9.53 Å². The van der Waals surface area contributed by atoms with Gasteiger partial charge in [0.05, 0.1) is 30.8 Å². The quantitative estimate of drug-likeness (QED) is 0.213. The molecule has 0 aromatic heterocycles. The highest BCUT2D eigenvalue weighted by Gasteiger charge is 2.22. The van der Waals surface area contributed by atoms with Crippen molar-refractivity contribution in [1.82, 2.24) is 5.32 Å². The van der Waals surface area contributed by atoms with E-state index in [0.29, 0.717) is 5.56 Å². The number of hydrogen-bond acceptors (Lipinski definition) is 4. The molecule has 0 aliphatic rings. The van der Waals surface area contributed by atoms with Gasteiger partial charge in [-0.25, -0.2) is 0 Å². The number of benzene rings is 4. The molecule has 0 aliphatic carbocycles. The molecule has 0 saturated carbocycles. The highest BCUT2D eigenvalue weighted by Crippen LogP contribution is 2.31. The zero-order chi connectivity index (χ0) is 24.1. The molecule has 5 nitrogen and oxygen atoms in total. The molecule has 1 atom stereocenters. The third-order valence-corrected chi connectivity index (χ3v) is 6.46. The topological polar surface area (TPSA) is 58.6 Å². The van der Waals surface area contributed by atoms with Crippen molar-refractivity contribution in [2.24, 2.45) is 0 Å². The van der Waals surface area contributed by atoms with E-state index in [-0.39, 0.29) is 18.3 Å². The molecule has 0 fully saturated rings. The van der Waals surface area contributed by atoms with Gasteiger partial charge in [-0.15, -0.1) is 0 Å². The highest BCUT2D eigenvalue weighted by molar-refractivity contribution is 14.1. The van der Waals surface area contributed by atoms with Gasteiger partial charge in [-0.1, -0.05) is 60.7 Å². The van der Waals surface area contributed by atoms with Gasteiger partial charge in [0.25, 0.3) is 5.91 Å². The first-order valence-electron chi connectivity index (χ1n) is 10.9. The summed E-state index contributed by atoms with van der Waals surface area (Å²) < 4.78 is 5.81. The lowest BCUT2D eigenvalue weighted by Gasteiger charge is -2.24. The molecule has 4 aromatic rings. The molecule has 34 heavy (non-hydrogen) atoms. The maximum absolute atomic E-state index is 13.5. The van der Waals surface area contributed by atoms with Crippen LogP contribution in [-0.4, -0.2) is 26.0 Å². The molecule has 1 N–H and O–H groups in total. The van der Waals surface area contributed by atoms with Crippen LogP contribution in [0.25, 0.3) is 10.8 Å². The summed E-state index contributed by atoms with van der Waals surface area (Å²) in [5.74, 6) is -0.635. The van der Waals surface area contributed by atoms with E-state index < -0.39 is 6.04 Å². The smallest absolute Gasteiger partial charge is 0.307 e. The number of anilines is 2. The van der Waals surface area contributed by atoms with Gasteiger partial charge in [-0.3, -0.25) is 9.59 Å². The standard InChI is InChI=1S/C28H25IN2O3/c1-31(23-14-12-19-8-6-7-11-21(19)16-23)26-15-13-22(29)17-24(26)28(33)30-25(18-27(32)34-2)20-9-4-3-5-10-20/h3-17,25H,18H2,1-2H3,(H,30,33)/t25-/m1/s1. The molecule has 0 unspecified atom stereocenters. The Balaban J connectivity index is 1.67. The molecule has 6 heteroatoms. The van der Waals surface area contributed by atoms with Crippen LogP contribution in [0, 0.1) is 3.57 Å². The lowest BCUT2D eigenvalue weighted by atomic mass is 10.0. The molecule has 0 radical (unpaired) electrons. The number of carbonyl (C=O) groups is 2. The second kappa shape index (κ2) is 10.7.